The molecule has 2 aliphatic rings. The molecule has 0 saturated heterocycles. The summed E-state index contributed by atoms with van der Waals surface area (Å²) in [7, 11) is 0. The van der Waals surface area contributed by atoms with Gasteiger partial charge in [-0.1, -0.05) is 20.8 Å². The first-order valence-electron chi connectivity index (χ1n) is 7.30. The van der Waals surface area contributed by atoms with Crippen LogP contribution < -0.4 is 5.32 Å². The highest BCUT2D eigenvalue weighted by Gasteiger charge is 2.38. The maximum absolute atomic E-state index is 11.6. The molecule has 3 heteroatoms. The monoisotopic (exact) mass is 253 g/mol. The molecule has 0 aromatic rings. The lowest BCUT2D eigenvalue weighted by Gasteiger charge is -2.41. The Labute approximate surface area is 110 Å². The highest BCUT2D eigenvalue weighted by molar-refractivity contribution is 5.80. The molecule has 2 N–H and O–H groups in total. The predicted octanol–water partition coefficient (Wildman–Crippen LogP) is 2.48. The summed E-state index contributed by atoms with van der Waals surface area (Å²) in [6.45, 7) is 7.27. The quantitative estimate of drug-likeness (QED) is 0.812. The molecule has 0 bridgehead atoms. The van der Waals surface area contributed by atoms with E-state index < -0.39 is 5.60 Å². The minimum Gasteiger partial charge on any atom is -0.388 e. The number of rotatable bonds is 3. The third-order valence-corrected chi connectivity index (χ3v) is 4.68. The standard InChI is InChI=1S/C15H27NO2/c1-14(2,3)12-6-8-15(18,9-7-12)10-16-13(17)11-4-5-11/h11-12,18H,4-10H2,1-3H3,(H,16,17). The molecular weight excluding hydrogens is 226 g/mol. The van der Waals surface area contributed by atoms with E-state index in [1.807, 2.05) is 0 Å². The van der Waals surface area contributed by atoms with Gasteiger partial charge in [0.25, 0.3) is 0 Å². The van der Waals surface area contributed by atoms with E-state index >= 15 is 0 Å². The number of hydrogen-bond acceptors (Lipinski definition) is 2. The summed E-state index contributed by atoms with van der Waals surface area (Å²) >= 11 is 0. The zero-order valence-electron chi connectivity index (χ0n) is 12.0. The van der Waals surface area contributed by atoms with E-state index in [0.29, 0.717) is 17.9 Å². The molecule has 2 aliphatic carbocycles. The molecule has 18 heavy (non-hydrogen) atoms. The van der Waals surface area contributed by atoms with E-state index in [-0.39, 0.29) is 11.8 Å². The van der Waals surface area contributed by atoms with E-state index in [1.54, 1.807) is 0 Å². The van der Waals surface area contributed by atoms with E-state index in [2.05, 4.69) is 26.1 Å². The molecule has 0 radical (unpaired) electrons. The fourth-order valence-electron chi connectivity index (χ4n) is 2.94. The highest BCUT2D eigenvalue weighted by Crippen LogP contribution is 2.41. The van der Waals surface area contributed by atoms with Crippen LogP contribution in [0.4, 0.5) is 0 Å². The van der Waals surface area contributed by atoms with Crippen LogP contribution in [0.25, 0.3) is 0 Å². The van der Waals surface area contributed by atoms with Gasteiger partial charge in [-0.05, 0) is 49.9 Å². The van der Waals surface area contributed by atoms with Gasteiger partial charge in [-0.25, -0.2) is 0 Å². The molecule has 2 fully saturated rings. The summed E-state index contributed by atoms with van der Waals surface area (Å²) in [6.07, 6.45) is 5.82. The number of nitrogens with one attached hydrogen (secondary N) is 1. The van der Waals surface area contributed by atoms with Crippen LogP contribution in [0, 0.1) is 17.3 Å². The fraction of sp³-hybridized carbons (Fsp3) is 0.933. The van der Waals surface area contributed by atoms with Gasteiger partial charge in [0.2, 0.25) is 5.91 Å². The first kappa shape index (κ1) is 13.9. The second-order valence-corrected chi connectivity index (χ2v) is 7.36. The third kappa shape index (κ3) is 3.47. The van der Waals surface area contributed by atoms with E-state index in [4.69, 9.17) is 0 Å². The van der Waals surface area contributed by atoms with Crippen LogP contribution in [0.1, 0.15) is 59.3 Å². The van der Waals surface area contributed by atoms with Crippen molar-refractivity contribution in [1.29, 1.82) is 0 Å². The van der Waals surface area contributed by atoms with Gasteiger partial charge in [-0.15, -0.1) is 0 Å². The van der Waals surface area contributed by atoms with Gasteiger partial charge >= 0.3 is 0 Å². The molecule has 104 valence electrons. The summed E-state index contributed by atoms with van der Waals surface area (Å²) in [5.74, 6) is 1.07. The van der Waals surface area contributed by atoms with Gasteiger partial charge in [0.05, 0.1) is 5.60 Å². The Kier molecular flexibility index (Phi) is 3.72. The molecule has 0 spiro atoms. The molecule has 1 amide bonds. The number of carbonyl (C=O) groups is 1. The smallest absolute Gasteiger partial charge is 0.223 e. The molecule has 2 rings (SSSR count). The van der Waals surface area contributed by atoms with Gasteiger partial charge in [-0.3, -0.25) is 4.79 Å². The lowest BCUT2D eigenvalue weighted by molar-refractivity contribution is -0.124. The summed E-state index contributed by atoms with van der Waals surface area (Å²) in [5, 5.41) is 13.4. The van der Waals surface area contributed by atoms with Gasteiger partial charge in [0.15, 0.2) is 0 Å². The molecule has 0 aromatic heterocycles. The molecular formula is C15H27NO2. The average Bonchev–Trinajstić information content (AvgIpc) is 3.09. The van der Waals surface area contributed by atoms with Crippen molar-refractivity contribution in [3.63, 3.8) is 0 Å². The van der Waals surface area contributed by atoms with Crippen molar-refractivity contribution < 1.29 is 9.90 Å². The highest BCUT2D eigenvalue weighted by atomic mass is 16.3. The van der Waals surface area contributed by atoms with Crippen molar-refractivity contribution in [2.24, 2.45) is 17.3 Å². The largest absolute Gasteiger partial charge is 0.388 e. The fourth-order valence-corrected chi connectivity index (χ4v) is 2.94. The van der Waals surface area contributed by atoms with Crippen molar-refractivity contribution in [3.8, 4) is 0 Å². The molecule has 2 saturated carbocycles. The Morgan fingerprint density at radius 2 is 1.78 bits per heavy atom. The van der Waals surface area contributed by atoms with E-state index in [0.717, 1.165) is 38.5 Å². The molecule has 0 aliphatic heterocycles. The maximum Gasteiger partial charge on any atom is 0.223 e. The van der Waals surface area contributed by atoms with Crippen molar-refractivity contribution in [3.05, 3.63) is 0 Å². The van der Waals surface area contributed by atoms with Crippen LogP contribution >= 0.6 is 0 Å². The van der Waals surface area contributed by atoms with Gasteiger partial charge in [-0.2, -0.15) is 0 Å². The van der Waals surface area contributed by atoms with Crippen LogP contribution in [-0.4, -0.2) is 23.2 Å². The van der Waals surface area contributed by atoms with Crippen LogP contribution in [0.5, 0.6) is 0 Å². The maximum atomic E-state index is 11.6. The summed E-state index contributed by atoms with van der Waals surface area (Å²) in [5.41, 5.74) is -0.328. The topological polar surface area (TPSA) is 49.3 Å². The number of amides is 1. The zero-order valence-corrected chi connectivity index (χ0v) is 12.0. The molecule has 0 aromatic carbocycles. The van der Waals surface area contributed by atoms with E-state index in [1.165, 1.54) is 0 Å². The summed E-state index contributed by atoms with van der Waals surface area (Å²) in [4.78, 5) is 11.6. The number of aliphatic hydroxyl groups is 1. The Morgan fingerprint density at radius 1 is 1.22 bits per heavy atom. The SMILES string of the molecule is CC(C)(C)C1CCC(O)(CNC(=O)C2CC2)CC1. The van der Waals surface area contributed by atoms with Crippen LogP contribution in [0.2, 0.25) is 0 Å². The summed E-state index contributed by atoms with van der Waals surface area (Å²) in [6, 6.07) is 0. The van der Waals surface area contributed by atoms with Crippen LogP contribution in [-0.2, 0) is 4.79 Å². The second-order valence-electron chi connectivity index (χ2n) is 7.36. The lowest BCUT2D eigenvalue weighted by Crippen LogP contribution is -2.46. The van der Waals surface area contributed by atoms with Crippen molar-refractivity contribution >= 4 is 5.91 Å². The Bertz CT molecular complexity index is 307. The summed E-state index contributed by atoms with van der Waals surface area (Å²) < 4.78 is 0. The first-order chi connectivity index (χ1) is 8.30. The number of carbonyl (C=O) groups excluding carboxylic acids is 1. The average molecular weight is 253 g/mol. The van der Waals surface area contributed by atoms with Crippen molar-refractivity contribution in [2.75, 3.05) is 6.54 Å². The zero-order chi connectivity index (χ0) is 13.4. The van der Waals surface area contributed by atoms with Gasteiger partial charge < -0.3 is 10.4 Å². The minimum absolute atomic E-state index is 0.140. The Balaban J connectivity index is 1.77. The lowest BCUT2D eigenvalue weighted by atomic mass is 9.68. The van der Waals surface area contributed by atoms with E-state index in [9.17, 15) is 9.90 Å². The van der Waals surface area contributed by atoms with Gasteiger partial charge in [0.1, 0.15) is 0 Å². The Morgan fingerprint density at radius 3 is 2.22 bits per heavy atom. The van der Waals surface area contributed by atoms with Gasteiger partial charge in [0, 0.05) is 12.5 Å². The first-order valence-corrected chi connectivity index (χ1v) is 7.30. The van der Waals surface area contributed by atoms with Crippen molar-refractivity contribution in [1.82, 2.24) is 5.32 Å². The van der Waals surface area contributed by atoms with Crippen molar-refractivity contribution in [2.45, 2.75) is 64.9 Å². The number of hydrogen-bond donors (Lipinski definition) is 2. The third-order valence-electron chi connectivity index (χ3n) is 4.68. The van der Waals surface area contributed by atoms with Crippen LogP contribution in [0.15, 0.2) is 0 Å². The molecule has 0 heterocycles. The minimum atomic E-state index is -0.660. The molecule has 0 unspecified atom stereocenters. The normalized spacial score (nSPS) is 33.2. The van der Waals surface area contributed by atoms with Crippen LogP contribution in [0.3, 0.4) is 0 Å². The Hall–Kier alpha value is -0.570. The molecule has 0 atom stereocenters. The second kappa shape index (κ2) is 4.84. The predicted molar refractivity (Wildman–Crippen MR) is 72.1 cm³/mol. The molecule has 3 nitrogen and oxygen atoms in total.